The summed E-state index contributed by atoms with van der Waals surface area (Å²) in [6, 6.07) is 6.21. The third-order valence-electron chi connectivity index (χ3n) is 3.46. The van der Waals surface area contributed by atoms with Gasteiger partial charge in [0.1, 0.15) is 0 Å². The Bertz CT molecular complexity index is 370. The lowest BCUT2D eigenvalue weighted by molar-refractivity contribution is 0.281. The number of halogens is 2. The molecule has 0 fully saturated rings. The Morgan fingerprint density at radius 1 is 1.22 bits per heavy atom. The smallest absolute Gasteiger partial charge is 0.0453 e. The van der Waals surface area contributed by atoms with Crippen LogP contribution in [0.2, 0.25) is 10.0 Å². The first-order valence-corrected chi connectivity index (χ1v) is 7.30. The first kappa shape index (κ1) is 15.8. The maximum Gasteiger partial charge on any atom is 0.0453 e. The minimum Gasteiger partial charge on any atom is -0.314 e. The van der Waals surface area contributed by atoms with Gasteiger partial charge < -0.3 is 5.32 Å². The van der Waals surface area contributed by atoms with Crippen molar-refractivity contribution >= 4 is 23.2 Å². The second-order valence-corrected chi connectivity index (χ2v) is 6.39. The summed E-state index contributed by atoms with van der Waals surface area (Å²) in [6.45, 7) is 9.80. The Morgan fingerprint density at radius 3 is 2.22 bits per heavy atom. The highest BCUT2D eigenvalue weighted by atomic mass is 35.5. The maximum absolute atomic E-state index is 6.25. The molecule has 1 rings (SSSR count). The van der Waals surface area contributed by atoms with Gasteiger partial charge in [0.05, 0.1) is 0 Å². The molecule has 0 saturated carbocycles. The van der Waals surface area contributed by atoms with Gasteiger partial charge in [0, 0.05) is 22.6 Å². The first-order chi connectivity index (χ1) is 8.38. The summed E-state index contributed by atoms with van der Waals surface area (Å²) in [4.78, 5) is 0. The molecule has 0 amide bonds. The highest BCUT2D eigenvalue weighted by Crippen LogP contribution is 2.33. The van der Waals surface area contributed by atoms with Crippen molar-refractivity contribution in [3.8, 4) is 0 Å². The predicted molar refractivity (Wildman–Crippen MR) is 81.7 cm³/mol. The Kier molecular flexibility index (Phi) is 5.97. The number of benzene rings is 1. The maximum atomic E-state index is 6.25. The van der Waals surface area contributed by atoms with Crippen LogP contribution in [0.5, 0.6) is 0 Å². The molecule has 18 heavy (non-hydrogen) atoms. The lowest BCUT2D eigenvalue weighted by atomic mass is 9.81. The van der Waals surface area contributed by atoms with Crippen LogP contribution in [0.4, 0.5) is 0 Å². The van der Waals surface area contributed by atoms with Gasteiger partial charge >= 0.3 is 0 Å². The molecule has 0 saturated heterocycles. The summed E-state index contributed by atoms with van der Waals surface area (Å²) in [5, 5.41) is 5.05. The van der Waals surface area contributed by atoms with E-state index in [0.717, 1.165) is 35.0 Å². The molecule has 1 aromatic carbocycles. The second-order valence-electron chi connectivity index (χ2n) is 5.58. The summed E-state index contributed by atoms with van der Waals surface area (Å²) in [7, 11) is 0. The Balaban J connectivity index is 2.84. The van der Waals surface area contributed by atoms with Crippen LogP contribution in [0.15, 0.2) is 18.2 Å². The first-order valence-electron chi connectivity index (χ1n) is 6.54. The van der Waals surface area contributed by atoms with Crippen molar-refractivity contribution in [2.75, 3.05) is 6.54 Å². The standard InChI is InChI=1S/C15H23Cl2N/c1-5-15(4,10-18-11(2)3)9-12-13(16)7-6-8-14(12)17/h6-8,11,18H,5,9-10H2,1-4H3. The molecule has 0 heterocycles. The molecular formula is C15H23Cl2N. The van der Waals surface area contributed by atoms with E-state index >= 15 is 0 Å². The zero-order valence-corrected chi connectivity index (χ0v) is 13.2. The summed E-state index contributed by atoms with van der Waals surface area (Å²) >= 11 is 12.5. The van der Waals surface area contributed by atoms with Gasteiger partial charge in [-0.25, -0.2) is 0 Å². The minimum absolute atomic E-state index is 0.179. The van der Waals surface area contributed by atoms with Crippen LogP contribution in [-0.2, 0) is 6.42 Å². The number of hydrogen-bond donors (Lipinski definition) is 1. The molecule has 0 bridgehead atoms. The molecule has 1 unspecified atom stereocenters. The molecule has 1 atom stereocenters. The molecule has 3 heteroatoms. The fourth-order valence-corrected chi connectivity index (χ4v) is 2.42. The monoisotopic (exact) mass is 287 g/mol. The molecule has 0 radical (unpaired) electrons. The average Bonchev–Trinajstić information content (AvgIpc) is 2.32. The van der Waals surface area contributed by atoms with E-state index in [1.54, 1.807) is 0 Å². The fraction of sp³-hybridized carbons (Fsp3) is 0.600. The molecule has 1 aromatic rings. The summed E-state index contributed by atoms with van der Waals surface area (Å²) in [5.41, 5.74) is 1.24. The molecule has 102 valence electrons. The molecule has 0 aromatic heterocycles. The number of hydrogen-bond acceptors (Lipinski definition) is 1. The molecular weight excluding hydrogens is 265 g/mol. The zero-order valence-electron chi connectivity index (χ0n) is 11.7. The van der Waals surface area contributed by atoms with Gasteiger partial charge in [-0.15, -0.1) is 0 Å². The van der Waals surface area contributed by atoms with Crippen LogP contribution in [0.25, 0.3) is 0 Å². The zero-order chi connectivity index (χ0) is 13.8. The third-order valence-corrected chi connectivity index (χ3v) is 4.16. The predicted octanol–water partition coefficient (Wildman–Crippen LogP) is 4.95. The Morgan fingerprint density at radius 2 is 1.78 bits per heavy atom. The van der Waals surface area contributed by atoms with Gasteiger partial charge in [0.15, 0.2) is 0 Å². The van der Waals surface area contributed by atoms with E-state index in [1.807, 2.05) is 18.2 Å². The van der Waals surface area contributed by atoms with Crippen molar-refractivity contribution in [2.45, 2.75) is 46.6 Å². The molecule has 1 N–H and O–H groups in total. The highest BCUT2D eigenvalue weighted by Gasteiger charge is 2.24. The third kappa shape index (κ3) is 4.46. The van der Waals surface area contributed by atoms with Crippen molar-refractivity contribution in [3.05, 3.63) is 33.8 Å². The van der Waals surface area contributed by atoms with Gasteiger partial charge in [-0.3, -0.25) is 0 Å². The molecule has 0 spiro atoms. The normalized spacial score (nSPS) is 14.8. The average molecular weight is 288 g/mol. The Hall–Kier alpha value is -0.240. The molecule has 0 aliphatic rings. The van der Waals surface area contributed by atoms with Crippen LogP contribution in [-0.4, -0.2) is 12.6 Å². The van der Waals surface area contributed by atoms with E-state index in [2.05, 4.69) is 33.0 Å². The van der Waals surface area contributed by atoms with Gasteiger partial charge in [-0.05, 0) is 36.0 Å². The van der Waals surface area contributed by atoms with Gasteiger partial charge in [0.25, 0.3) is 0 Å². The molecule has 0 aliphatic heterocycles. The topological polar surface area (TPSA) is 12.0 Å². The number of nitrogens with one attached hydrogen (secondary N) is 1. The van der Waals surface area contributed by atoms with E-state index in [0.29, 0.717) is 6.04 Å². The lowest BCUT2D eigenvalue weighted by Crippen LogP contribution is -2.36. The van der Waals surface area contributed by atoms with Gasteiger partial charge in [-0.1, -0.05) is 57.0 Å². The van der Waals surface area contributed by atoms with Crippen molar-refractivity contribution in [1.82, 2.24) is 5.32 Å². The van der Waals surface area contributed by atoms with E-state index in [1.165, 1.54) is 0 Å². The largest absolute Gasteiger partial charge is 0.314 e. The Labute approximate surface area is 121 Å². The van der Waals surface area contributed by atoms with Gasteiger partial charge in [-0.2, -0.15) is 0 Å². The van der Waals surface area contributed by atoms with Crippen molar-refractivity contribution in [1.29, 1.82) is 0 Å². The van der Waals surface area contributed by atoms with E-state index < -0.39 is 0 Å². The van der Waals surface area contributed by atoms with Crippen LogP contribution >= 0.6 is 23.2 Å². The van der Waals surface area contributed by atoms with E-state index in [9.17, 15) is 0 Å². The quantitative estimate of drug-likeness (QED) is 0.781. The fourth-order valence-electron chi connectivity index (χ4n) is 1.89. The van der Waals surface area contributed by atoms with E-state index in [4.69, 9.17) is 23.2 Å². The lowest BCUT2D eigenvalue weighted by Gasteiger charge is -2.30. The molecule has 0 aliphatic carbocycles. The summed E-state index contributed by atoms with van der Waals surface area (Å²) in [5.74, 6) is 0. The summed E-state index contributed by atoms with van der Waals surface area (Å²) < 4.78 is 0. The van der Waals surface area contributed by atoms with Crippen LogP contribution in [0, 0.1) is 5.41 Å². The highest BCUT2D eigenvalue weighted by molar-refractivity contribution is 6.36. The second kappa shape index (κ2) is 6.79. The van der Waals surface area contributed by atoms with Gasteiger partial charge in [0.2, 0.25) is 0 Å². The minimum atomic E-state index is 0.179. The van der Waals surface area contributed by atoms with Crippen LogP contribution < -0.4 is 5.32 Å². The van der Waals surface area contributed by atoms with Crippen LogP contribution in [0.1, 0.15) is 39.7 Å². The van der Waals surface area contributed by atoms with E-state index in [-0.39, 0.29) is 5.41 Å². The summed E-state index contributed by atoms with van der Waals surface area (Å²) in [6.07, 6.45) is 2.00. The van der Waals surface area contributed by atoms with Crippen molar-refractivity contribution < 1.29 is 0 Å². The SMILES string of the molecule is CCC(C)(CNC(C)C)Cc1c(Cl)cccc1Cl. The van der Waals surface area contributed by atoms with Crippen molar-refractivity contribution in [2.24, 2.45) is 5.41 Å². The van der Waals surface area contributed by atoms with Crippen LogP contribution in [0.3, 0.4) is 0 Å². The van der Waals surface area contributed by atoms with Crippen molar-refractivity contribution in [3.63, 3.8) is 0 Å². The number of rotatable bonds is 6. The molecule has 1 nitrogen and oxygen atoms in total.